The van der Waals surface area contributed by atoms with E-state index in [1.165, 1.54) is 13.3 Å². The summed E-state index contributed by atoms with van der Waals surface area (Å²) in [7, 11) is 1.53. The Morgan fingerprint density at radius 3 is 2.75 bits per heavy atom. The van der Waals surface area contributed by atoms with Gasteiger partial charge in [0.1, 0.15) is 6.61 Å². The van der Waals surface area contributed by atoms with E-state index in [1.54, 1.807) is 30.3 Å². The zero-order chi connectivity index (χ0) is 17.5. The molecule has 0 aliphatic carbocycles. The molecule has 0 heterocycles. The predicted molar refractivity (Wildman–Crippen MR) is 94.1 cm³/mol. The number of nitrogens with one attached hydrogen (secondary N) is 1. The van der Waals surface area contributed by atoms with Crippen LogP contribution in [0, 0.1) is 0 Å². The minimum absolute atomic E-state index is 0.251. The van der Waals surface area contributed by atoms with Gasteiger partial charge in [0.25, 0.3) is 0 Å². The molecule has 0 aliphatic heterocycles. The molecule has 2 aromatic rings. The lowest BCUT2D eigenvalue weighted by Crippen LogP contribution is -2.24. The van der Waals surface area contributed by atoms with Gasteiger partial charge in [0.05, 0.1) is 23.4 Å². The van der Waals surface area contributed by atoms with Crippen molar-refractivity contribution in [2.75, 3.05) is 7.11 Å². The predicted octanol–water partition coefficient (Wildman–Crippen LogP) is 3.58. The molecule has 0 spiro atoms. The van der Waals surface area contributed by atoms with Gasteiger partial charge in [-0.25, -0.2) is 10.2 Å². The smallest absolute Gasteiger partial charge is 0.332 e. The lowest BCUT2D eigenvalue weighted by molar-refractivity contribution is 0.249. The maximum Gasteiger partial charge on any atom is 0.332 e. The van der Waals surface area contributed by atoms with Gasteiger partial charge in [-0.2, -0.15) is 5.10 Å². The first-order valence-corrected chi connectivity index (χ1v) is 7.59. The summed E-state index contributed by atoms with van der Waals surface area (Å²) in [6.45, 7) is 0.251. The number of para-hydroxylation sites is 1. The normalized spacial score (nSPS) is 10.6. The molecule has 8 heteroatoms. The highest BCUT2D eigenvalue weighted by atomic mass is 35.5. The molecule has 0 saturated carbocycles. The Morgan fingerprint density at radius 1 is 1.29 bits per heavy atom. The van der Waals surface area contributed by atoms with E-state index in [0.29, 0.717) is 27.1 Å². The fourth-order valence-corrected chi connectivity index (χ4v) is 2.22. The van der Waals surface area contributed by atoms with Crippen LogP contribution >= 0.6 is 23.2 Å². The Kier molecular flexibility index (Phi) is 6.28. The summed E-state index contributed by atoms with van der Waals surface area (Å²) in [6.07, 6.45) is 1.41. The number of hydrogen-bond acceptors (Lipinski definition) is 4. The number of benzene rings is 2. The second-order valence-corrected chi connectivity index (χ2v) is 5.46. The molecule has 2 aromatic carbocycles. The molecule has 0 atom stereocenters. The standard InChI is InChI=1S/C16H15Cl2N3O3/c1-23-14-4-2-3-11(8-20-21-16(19)22)15(14)24-9-10-5-6-12(17)13(18)7-10/h2-8H,9H2,1H3,(H3,19,21,22)/b20-8-. The molecule has 0 radical (unpaired) electrons. The number of hydrazone groups is 1. The van der Waals surface area contributed by atoms with Crippen LogP contribution in [0.3, 0.4) is 0 Å². The van der Waals surface area contributed by atoms with Crippen molar-refractivity contribution in [3.8, 4) is 11.5 Å². The highest BCUT2D eigenvalue weighted by Crippen LogP contribution is 2.31. The number of ether oxygens (including phenoxy) is 2. The third kappa shape index (κ3) is 4.78. The molecule has 126 valence electrons. The number of carbonyl (C=O) groups is 1. The zero-order valence-corrected chi connectivity index (χ0v) is 14.3. The van der Waals surface area contributed by atoms with Gasteiger partial charge in [0.15, 0.2) is 11.5 Å². The number of methoxy groups -OCH3 is 1. The number of nitrogens with two attached hydrogens (primary N) is 1. The molecule has 3 N–H and O–H groups in total. The lowest BCUT2D eigenvalue weighted by atomic mass is 10.2. The lowest BCUT2D eigenvalue weighted by Gasteiger charge is -2.13. The summed E-state index contributed by atoms with van der Waals surface area (Å²) in [5.41, 5.74) is 8.55. The molecule has 0 saturated heterocycles. The molecule has 0 unspecified atom stereocenters. The quantitative estimate of drug-likeness (QED) is 0.604. The summed E-state index contributed by atoms with van der Waals surface area (Å²) in [5.74, 6) is 0.999. The van der Waals surface area contributed by atoms with E-state index in [9.17, 15) is 4.79 Å². The van der Waals surface area contributed by atoms with E-state index < -0.39 is 6.03 Å². The Morgan fingerprint density at radius 2 is 2.08 bits per heavy atom. The SMILES string of the molecule is COc1cccc(/C=N\NC(N)=O)c1OCc1ccc(Cl)c(Cl)c1. The van der Waals surface area contributed by atoms with Crippen LogP contribution in [0.5, 0.6) is 11.5 Å². The Balaban J connectivity index is 2.21. The van der Waals surface area contributed by atoms with Crippen molar-refractivity contribution in [1.29, 1.82) is 0 Å². The monoisotopic (exact) mass is 367 g/mol. The summed E-state index contributed by atoms with van der Waals surface area (Å²) in [6, 6.07) is 9.77. The summed E-state index contributed by atoms with van der Waals surface area (Å²) < 4.78 is 11.1. The van der Waals surface area contributed by atoms with Crippen LogP contribution in [0.15, 0.2) is 41.5 Å². The van der Waals surface area contributed by atoms with Gasteiger partial charge < -0.3 is 15.2 Å². The van der Waals surface area contributed by atoms with Crippen molar-refractivity contribution in [3.05, 3.63) is 57.6 Å². The number of carbonyl (C=O) groups excluding carboxylic acids is 1. The second-order valence-electron chi connectivity index (χ2n) is 4.65. The number of amides is 2. The van der Waals surface area contributed by atoms with E-state index in [4.69, 9.17) is 38.4 Å². The number of halogens is 2. The average Bonchev–Trinajstić information content (AvgIpc) is 2.56. The zero-order valence-electron chi connectivity index (χ0n) is 12.8. The van der Waals surface area contributed by atoms with Crippen LogP contribution in [0.4, 0.5) is 4.79 Å². The van der Waals surface area contributed by atoms with E-state index in [-0.39, 0.29) is 6.61 Å². The van der Waals surface area contributed by atoms with Gasteiger partial charge in [-0.15, -0.1) is 0 Å². The maximum atomic E-state index is 10.7. The Hall–Kier alpha value is -2.44. The van der Waals surface area contributed by atoms with E-state index >= 15 is 0 Å². The van der Waals surface area contributed by atoms with E-state index in [1.807, 2.05) is 6.07 Å². The summed E-state index contributed by atoms with van der Waals surface area (Å²) in [4.78, 5) is 10.7. The third-order valence-electron chi connectivity index (χ3n) is 2.97. The summed E-state index contributed by atoms with van der Waals surface area (Å²) in [5, 5.41) is 4.66. The molecule has 2 amide bonds. The maximum absolute atomic E-state index is 10.7. The first-order chi connectivity index (χ1) is 11.5. The van der Waals surface area contributed by atoms with Crippen molar-refractivity contribution in [1.82, 2.24) is 5.43 Å². The van der Waals surface area contributed by atoms with E-state index in [2.05, 4.69) is 10.5 Å². The molecule has 2 rings (SSSR count). The van der Waals surface area contributed by atoms with Gasteiger partial charge in [0.2, 0.25) is 0 Å². The first kappa shape index (κ1) is 17.9. The molecule has 0 fully saturated rings. The molecule has 0 aliphatic rings. The van der Waals surface area contributed by atoms with Gasteiger partial charge in [0, 0.05) is 5.56 Å². The minimum Gasteiger partial charge on any atom is -0.493 e. The number of hydrogen-bond donors (Lipinski definition) is 2. The number of urea groups is 1. The van der Waals surface area contributed by atoms with Crippen LogP contribution in [-0.2, 0) is 6.61 Å². The highest BCUT2D eigenvalue weighted by Gasteiger charge is 2.10. The number of nitrogens with zero attached hydrogens (tertiary/aromatic N) is 1. The van der Waals surface area contributed by atoms with Gasteiger partial charge in [-0.1, -0.05) is 35.3 Å². The van der Waals surface area contributed by atoms with Crippen LogP contribution in [-0.4, -0.2) is 19.4 Å². The largest absolute Gasteiger partial charge is 0.493 e. The summed E-state index contributed by atoms with van der Waals surface area (Å²) >= 11 is 11.9. The topological polar surface area (TPSA) is 85.9 Å². The Bertz CT molecular complexity index is 766. The second kappa shape index (κ2) is 8.42. The van der Waals surface area contributed by atoms with Crippen molar-refractivity contribution < 1.29 is 14.3 Å². The fourth-order valence-electron chi connectivity index (χ4n) is 1.90. The molecule has 6 nitrogen and oxygen atoms in total. The van der Waals surface area contributed by atoms with Crippen molar-refractivity contribution in [2.24, 2.45) is 10.8 Å². The third-order valence-corrected chi connectivity index (χ3v) is 3.71. The van der Waals surface area contributed by atoms with Gasteiger partial charge in [-0.3, -0.25) is 0 Å². The number of rotatable bonds is 6. The van der Waals surface area contributed by atoms with Crippen LogP contribution in [0.1, 0.15) is 11.1 Å². The molecular weight excluding hydrogens is 353 g/mol. The molecule has 0 bridgehead atoms. The number of primary amides is 1. The fraction of sp³-hybridized carbons (Fsp3) is 0.125. The van der Waals surface area contributed by atoms with Crippen molar-refractivity contribution >= 4 is 35.4 Å². The van der Waals surface area contributed by atoms with Crippen LogP contribution in [0.2, 0.25) is 10.0 Å². The average molecular weight is 368 g/mol. The molecular formula is C16H15Cl2N3O3. The molecule has 0 aromatic heterocycles. The minimum atomic E-state index is -0.757. The van der Waals surface area contributed by atoms with Crippen LogP contribution < -0.4 is 20.6 Å². The highest BCUT2D eigenvalue weighted by molar-refractivity contribution is 6.42. The van der Waals surface area contributed by atoms with Gasteiger partial charge in [-0.05, 0) is 29.8 Å². The van der Waals surface area contributed by atoms with Crippen molar-refractivity contribution in [2.45, 2.75) is 6.61 Å². The van der Waals surface area contributed by atoms with Crippen LogP contribution in [0.25, 0.3) is 0 Å². The van der Waals surface area contributed by atoms with Gasteiger partial charge >= 0.3 is 6.03 Å². The Labute approximate surface area is 149 Å². The molecule has 24 heavy (non-hydrogen) atoms. The van der Waals surface area contributed by atoms with Crippen molar-refractivity contribution in [3.63, 3.8) is 0 Å². The van der Waals surface area contributed by atoms with E-state index in [0.717, 1.165) is 5.56 Å². The first-order valence-electron chi connectivity index (χ1n) is 6.83.